The molecule has 4 atom stereocenters. The molecule has 0 aliphatic carbocycles. The summed E-state index contributed by atoms with van der Waals surface area (Å²) < 4.78 is 36.1. The van der Waals surface area contributed by atoms with E-state index in [-0.39, 0.29) is 35.0 Å². The number of para-hydroxylation sites is 1. The second kappa shape index (κ2) is 13.0. The van der Waals surface area contributed by atoms with Gasteiger partial charge in [0.15, 0.2) is 18.9 Å². The molecule has 2 aromatic rings. The second-order valence-corrected chi connectivity index (χ2v) is 11.2. The average Bonchev–Trinajstić information content (AvgIpc) is 3.80. The topological polar surface area (TPSA) is 118 Å². The Morgan fingerprint density at radius 1 is 1.17 bits per heavy atom. The van der Waals surface area contributed by atoms with Crippen molar-refractivity contribution < 1.29 is 32.4 Å². The average molecular weight is 581 g/mol. The van der Waals surface area contributed by atoms with Gasteiger partial charge in [-0.3, -0.25) is 13.8 Å². The Bertz CT molecular complexity index is 1350. The largest absolute Gasteiger partial charge is 0.768 e. The number of carbonyl (C=O) groups excluding carboxylic acids is 2. The van der Waals surface area contributed by atoms with Crippen molar-refractivity contribution in [2.45, 2.75) is 43.9 Å². The molecule has 0 radical (unpaired) electrons. The molecular formula is C30H36N4O6S. The van der Waals surface area contributed by atoms with E-state index in [1.54, 1.807) is 4.90 Å². The standard InChI is InChI=1S/C30H36N4O6S/c1-3-32(28(35)21-12-14-24(15-13-21)41(37)38)18-16-31-25-20-34(23-10-6-5-7-11-23)29-27(40-29)26(25)33-17-8-9-22(19-33)30(36)39-4-2/h5-7,10-15,20,22,27,29,31H,3-4,8-9,16-19H2,1-2H3. The van der Waals surface area contributed by atoms with Gasteiger partial charge in [0, 0.05) is 48.4 Å². The van der Waals surface area contributed by atoms with Crippen LogP contribution in [0.25, 0.3) is 0 Å². The first-order valence-corrected chi connectivity index (χ1v) is 15.2. The number of likely N-dealkylation sites (N-methyl/N-ethyl adjacent to an activating group) is 1. The minimum Gasteiger partial charge on any atom is -0.768 e. The lowest BCUT2D eigenvalue weighted by atomic mass is 9.97. The fourth-order valence-corrected chi connectivity index (χ4v) is 5.88. The van der Waals surface area contributed by atoms with Gasteiger partial charge in [0.2, 0.25) is 5.71 Å². The van der Waals surface area contributed by atoms with E-state index in [4.69, 9.17) is 9.47 Å². The van der Waals surface area contributed by atoms with Crippen LogP contribution >= 0.6 is 0 Å². The van der Waals surface area contributed by atoms with Gasteiger partial charge in [-0.25, -0.2) is 4.58 Å². The zero-order chi connectivity index (χ0) is 28.9. The molecule has 2 fully saturated rings. The van der Waals surface area contributed by atoms with E-state index in [9.17, 15) is 18.4 Å². The first kappa shape index (κ1) is 29.0. The molecule has 3 aliphatic heterocycles. The van der Waals surface area contributed by atoms with Gasteiger partial charge in [0.25, 0.3) is 5.91 Å². The summed E-state index contributed by atoms with van der Waals surface area (Å²) in [6.07, 6.45) is 3.52. The number of carbonyl (C=O) groups is 2. The molecule has 2 saturated heterocycles. The monoisotopic (exact) mass is 580 g/mol. The summed E-state index contributed by atoms with van der Waals surface area (Å²) in [5.41, 5.74) is 3.40. The van der Waals surface area contributed by atoms with Crippen molar-refractivity contribution in [2.75, 3.05) is 44.2 Å². The summed E-state index contributed by atoms with van der Waals surface area (Å²) in [7, 11) is 0. The molecular weight excluding hydrogens is 544 g/mol. The number of amides is 1. The van der Waals surface area contributed by atoms with Crippen LogP contribution in [0.1, 0.15) is 37.0 Å². The summed E-state index contributed by atoms with van der Waals surface area (Å²) in [6, 6.07) is 16.0. The van der Waals surface area contributed by atoms with Crippen LogP contribution < -0.4 is 10.2 Å². The number of nitrogens with one attached hydrogen (secondary N) is 1. The lowest BCUT2D eigenvalue weighted by Crippen LogP contribution is -2.46. The minimum atomic E-state index is -2.34. The van der Waals surface area contributed by atoms with Crippen molar-refractivity contribution in [3.63, 3.8) is 0 Å². The third-order valence-electron chi connectivity index (χ3n) is 7.65. The van der Waals surface area contributed by atoms with Crippen molar-refractivity contribution in [1.82, 2.24) is 10.2 Å². The number of esters is 1. The smallest absolute Gasteiger partial charge is 0.315 e. The van der Waals surface area contributed by atoms with Crippen LogP contribution in [-0.2, 0) is 25.3 Å². The van der Waals surface area contributed by atoms with Gasteiger partial charge in [-0.1, -0.05) is 18.2 Å². The summed E-state index contributed by atoms with van der Waals surface area (Å²) in [5.74, 6) is -0.498. The van der Waals surface area contributed by atoms with Gasteiger partial charge in [0.1, 0.15) is 18.2 Å². The fraction of sp³-hybridized carbons (Fsp3) is 0.433. The number of nitrogens with zero attached hydrogens (tertiary/aromatic N) is 3. The molecule has 11 heteroatoms. The van der Waals surface area contributed by atoms with E-state index in [2.05, 4.69) is 21.0 Å². The van der Waals surface area contributed by atoms with Crippen molar-refractivity contribution >= 4 is 34.4 Å². The van der Waals surface area contributed by atoms with E-state index in [1.165, 1.54) is 24.3 Å². The Morgan fingerprint density at radius 3 is 2.61 bits per heavy atom. The van der Waals surface area contributed by atoms with E-state index in [0.717, 1.165) is 36.5 Å². The van der Waals surface area contributed by atoms with Crippen LogP contribution in [0, 0.1) is 5.92 Å². The number of hydrogen-bond donors (Lipinski definition) is 1. The Labute approximate surface area is 242 Å². The number of hydrogen-bond acceptors (Lipinski definition) is 8. The molecule has 2 aromatic carbocycles. The minimum absolute atomic E-state index is 0.110. The number of rotatable bonds is 10. The molecule has 10 nitrogen and oxygen atoms in total. The van der Waals surface area contributed by atoms with Crippen molar-refractivity contribution in [3.05, 3.63) is 72.1 Å². The molecule has 0 bridgehead atoms. The first-order valence-electron chi connectivity index (χ1n) is 14.1. The van der Waals surface area contributed by atoms with Gasteiger partial charge >= 0.3 is 5.97 Å². The number of anilines is 1. The highest BCUT2D eigenvalue weighted by Gasteiger charge is 2.56. The predicted molar refractivity (Wildman–Crippen MR) is 153 cm³/mol. The van der Waals surface area contributed by atoms with Crippen LogP contribution in [0.4, 0.5) is 5.69 Å². The Balaban J connectivity index is 1.35. The first-order chi connectivity index (χ1) is 19.9. The maximum Gasteiger partial charge on any atom is 0.315 e. The van der Waals surface area contributed by atoms with Gasteiger partial charge in [-0.05, 0) is 67.7 Å². The summed E-state index contributed by atoms with van der Waals surface area (Å²) in [5, 5.41) is 3.56. The molecule has 0 saturated carbocycles. The van der Waals surface area contributed by atoms with E-state index in [0.29, 0.717) is 38.3 Å². The van der Waals surface area contributed by atoms with Crippen molar-refractivity contribution in [3.8, 4) is 0 Å². The number of ether oxygens (including phenoxy) is 2. The highest BCUT2D eigenvalue weighted by Crippen LogP contribution is 2.38. The number of piperidine rings is 1. The molecule has 1 amide bonds. The van der Waals surface area contributed by atoms with E-state index in [1.807, 2.05) is 44.2 Å². The molecule has 3 aliphatic rings. The molecule has 1 N–H and O–H groups in total. The Morgan fingerprint density at radius 2 is 1.93 bits per heavy atom. The molecule has 218 valence electrons. The SMILES string of the molecule is CCOC(=O)C1CCC[N+](=C2C(NCCN(CC)C(=O)c3ccc(S(=O)[O-])cc3)=CN(c3ccccc3)C3OC23)C1. The van der Waals surface area contributed by atoms with Crippen molar-refractivity contribution in [2.24, 2.45) is 5.92 Å². The van der Waals surface area contributed by atoms with Crippen LogP contribution in [0.2, 0.25) is 0 Å². The molecule has 0 spiro atoms. The number of epoxide rings is 1. The molecule has 4 unspecified atom stereocenters. The molecule has 41 heavy (non-hydrogen) atoms. The quantitative estimate of drug-likeness (QED) is 0.197. The lowest BCUT2D eigenvalue weighted by molar-refractivity contribution is -0.544. The highest BCUT2D eigenvalue weighted by atomic mass is 32.2. The molecule has 3 heterocycles. The number of benzene rings is 2. The number of fused-ring (bicyclic) bond motifs is 1. The second-order valence-electron chi connectivity index (χ2n) is 10.2. The maximum atomic E-state index is 13.1. The lowest BCUT2D eigenvalue weighted by Gasteiger charge is -2.27. The zero-order valence-electron chi connectivity index (χ0n) is 23.4. The third-order valence-corrected chi connectivity index (χ3v) is 8.31. The van der Waals surface area contributed by atoms with Crippen molar-refractivity contribution in [1.29, 1.82) is 0 Å². The Hall–Kier alpha value is -3.54. The van der Waals surface area contributed by atoms with Gasteiger partial charge < -0.3 is 29.1 Å². The third kappa shape index (κ3) is 6.52. The molecule has 0 aromatic heterocycles. The fourth-order valence-electron chi connectivity index (χ4n) is 5.52. The normalized spacial score (nSPS) is 24.1. The maximum absolute atomic E-state index is 13.1. The highest BCUT2D eigenvalue weighted by molar-refractivity contribution is 7.79. The predicted octanol–water partition coefficient (Wildman–Crippen LogP) is 2.49. The summed E-state index contributed by atoms with van der Waals surface area (Å²) in [6.45, 7) is 6.96. The van der Waals surface area contributed by atoms with Crippen LogP contribution in [0.15, 0.2) is 71.4 Å². The molecule has 5 rings (SSSR count). The van der Waals surface area contributed by atoms with E-state index < -0.39 is 11.1 Å². The van der Waals surface area contributed by atoms with Crippen LogP contribution in [0.5, 0.6) is 0 Å². The van der Waals surface area contributed by atoms with E-state index >= 15 is 0 Å². The van der Waals surface area contributed by atoms with Gasteiger partial charge in [-0.15, -0.1) is 0 Å². The van der Waals surface area contributed by atoms with Crippen LogP contribution in [-0.4, -0.2) is 87.5 Å². The summed E-state index contributed by atoms with van der Waals surface area (Å²) in [4.78, 5) is 29.7. The Kier molecular flexibility index (Phi) is 9.16. The summed E-state index contributed by atoms with van der Waals surface area (Å²) >= 11 is -2.34. The van der Waals surface area contributed by atoms with Crippen LogP contribution in [0.3, 0.4) is 0 Å². The van der Waals surface area contributed by atoms with Gasteiger partial charge in [-0.2, -0.15) is 0 Å². The van der Waals surface area contributed by atoms with Gasteiger partial charge in [0.05, 0.1) is 6.61 Å². The zero-order valence-corrected chi connectivity index (χ0v) is 24.2.